The van der Waals surface area contributed by atoms with Gasteiger partial charge in [0.1, 0.15) is 0 Å². The summed E-state index contributed by atoms with van der Waals surface area (Å²) in [6.45, 7) is 3.17. The second-order valence-electron chi connectivity index (χ2n) is 6.50. The summed E-state index contributed by atoms with van der Waals surface area (Å²) in [4.78, 5) is 14.8. The maximum atomic E-state index is 12.2. The Balaban J connectivity index is 1.65. The Labute approximate surface area is 126 Å². The first-order valence-corrected chi connectivity index (χ1v) is 8.32. The highest BCUT2D eigenvalue weighted by Gasteiger charge is 2.38. The fourth-order valence-corrected chi connectivity index (χ4v) is 3.90. The molecule has 1 saturated heterocycles. The van der Waals surface area contributed by atoms with Gasteiger partial charge in [-0.1, -0.05) is 25.7 Å². The van der Waals surface area contributed by atoms with Crippen LogP contribution in [0.4, 0.5) is 0 Å². The standard InChI is InChI=1S/C16H26N4O/c21-15(14-11-18-19-12-14)17-13-16(7-3-1-4-8-16)20-9-5-2-6-10-20/h11-12H,1-10,13H2,(H,17,21)(H,18,19). The molecule has 1 aromatic heterocycles. The number of aromatic amines is 1. The Bertz CT molecular complexity index is 445. The maximum Gasteiger partial charge on any atom is 0.254 e. The topological polar surface area (TPSA) is 61.0 Å². The summed E-state index contributed by atoms with van der Waals surface area (Å²) in [5, 5.41) is 9.70. The molecule has 1 saturated carbocycles. The van der Waals surface area contributed by atoms with Gasteiger partial charge in [-0.25, -0.2) is 0 Å². The van der Waals surface area contributed by atoms with E-state index in [1.165, 1.54) is 64.5 Å². The van der Waals surface area contributed by atoms with E-state index >= 15 is 0 Å². The number of piperidine rings is 1. The highest BCUT2D eigenvalue weighted by atomic mass is 16.1. The molecule has 0 radical (unpaired) electrons. The van der Waals surface area contributed by atoms with Crippen molar-refractivity contribution in [3.05, 3.63) is 18.0 Å². The minimum absolute atomic E-state index is 0.00860. The van der Waals surface area contributed by atoms with Crippen molar-refractivity contribution in [1.29, 1.82) is 0 Å². The van der Waals surface area contributed by atoms with Crippen LogP contribution in [-0.2, 0) is 0 Å². The van der Waals surface area contributed by atoms with E-state index in [9.17, 15) is 4.79 Å². The first-order chi connectivity index (χ1) is 10.3. The van der Waals surface area contributed by atoms with Gasteiger partial charge in [0.15, 0.2) is 0 Å². The van der Waals surface area contributed by atoms with E-state index in [-0.39, 0.29) is 11.4 Å². The average molecular weight is 290 g/mol. The number of carbonyl (C=O) groups excluding carboxylic acids is 1. The van der Waals surface area contributed by atoms with Crippen LogP contribution < -0.4 is 5.32 Å². The molecule has 0 bridgehead atoms. The third-order valence-electron chi connectivity index (χ3n) is 5.15. The number of nitrogens with zero attached hydrogens (tertiary/aromatic N) is 2. The summed E-state index contributed by atoms with van der Waals surface area (Å²) < 4.78 is 0. The van der Waals surface area contributed by atoms with Crippen molar-refractivity contribution >= 4 is 5.91 Å². The Morgan fingerprint density at radius 3 is 2.57 bits per heavy atom. The Morgan fingerprint density at radius 2 is 1.90 bits per heavy atom. The van der Waals surface area contributed by atoms with Crippen molar-refractivity contribution < 1.29 is 4.79 Å². The number of aromatic nitrogens is 2. The van der Waals surface area contributed by atoms with E-state index in [0.29, 0.717) is 5.56 Å². The lowest BCUT2D eigenvalue weighted by Gasteiger charge is -2.48. The van der Waals surface area contributed by atoms with Gasteiger partial charge in [0, 0.05) is 18.3 Å². The van der Waals surface area contributed by atoms with Gasteiger partial charge in [0.25, 0.3) is 5.91 Å². The summed E-state index contributed by atoms with van der Waals surface area (Å²) in [7, 11) is 0. The summed E-state index contributed by atoms with van der Waals surface area (Å²) in [5.74, 6) is -0.00860. The molecule has 2 fully saturated rings. The molecule has 2 aliphatic rings. The number of nitrogens with one attached hydrogen (secondary N) is 2. The molecule has 0 aromatic carbocycles. The molecule has 0 atom stereocenters. The molecule has 0 spiro atoms. The molecule has 1 aliphatic carbocycles. The summed E-state index contributed by atoms with van der Waals surface area (Å²) in [5.41, 5.74) is 0.817. The summed E-state index contributed by atoms with van der Waals surface area (Å²) >= 11 is 0. The largest absolute Gasteiger partial charge is 0.350 e. The van der Waals surface area contributed by atoms with Crippen LogP contribution in [0.25, 0.3) is 0 Å². The number of H-pyrrole nitrogens is 1. The van der Waals surface area contributed by atoms with E-state index in [2.05, 4.69) is 20.4 Å². The van der Waals surface area contributed by atoms with Crippen molar-refractivity contribution in [2.45, 2.75) is 56.9 Å². The van der Waals surface area contributed by atoms with Crippen molar-refractivity contribution in [2.75, 3.05) is 19.6 Å². The zero-order chi connectivity index (χ0) is 14.5. The van der Waals surface area contributed by atoms with Crippen LogP contribution >= 0.6 is 0 Å². The second-order valence-corrected chi connectivity index (χ2v) is 6.50. The highest BCUT2D eigenvalue weighted by molar-refractivity contribution is 5.93. The molecule has 5 heteroatoms. The number of hydrogen-bond donors (Lipinski definition) is 2. The molecule has 116 valence electrons. The van der Waals surface area contributed by atoms with E-state index in [1.807, 2.05) is 0 Å². The van der Waals surface area contributed by atoms with Crippen LogP contribution in [0.3, 0.4) is 0 Å². The molecular weight excluding hydrogens is 264 g/mol. The molecule has 3 rings (SSSR count). The van der Waals surface area contributed by atoms with Gasteiger partial charge in [0.2, 0.25) is 0 Å². The summed E-state index contributed by atoms with van der Waals surface area (Å²) in [6.07, 6.45) is 13.6. The van der Waals surface area contributed by atoms with Gasteiger partial charge >= 0.3 is 0 Å². The van der Waals surface area contributed by atoms with Crippen LogP contribution in [0.15, 0.2) is 12.4 Å². The monoisotopic (exact) mass is 290 g/mol. The van der Waals surface area contributed by atoms with Gasteiger partial charge in [-0.2, -0.15) is 5.10 Å². The van der Waals surface area contributed by atoms with Gasteiger partial charge in [-0.3, -0.25) is 14.8 Å². The normalized spacial score (nSPS) is 22.9. The number of likely N-dealkylation sites (tertiary alicyclic amines) is 1. The first-order valence-electron chi connectivity index (χ1n) is 8.32. The molecule has 1 aromatic rings. The van der Waals surface area contributed by atoms with Gasteiger partial charge in [-0.15, -0.1) is 0 Å². The van der Waals surface area contributed by atoms with E-state index < -0.39 is 0 Å². The fraction of sp³-hybridized carbons (Fsp3) is 0.750. The van der Waals surface area contributed by atoms with Crippen molar-refractivity contribution in [2.24, 2.45) is 0 Å². The van der Waals surface area contributed by atoms with Crippen molar-refractivity contribution in [3.8, 4) is 0 Å². The Kier molecular flexibility index (Phi) is 4.58. The summed E-state index contributed by atoms with van der Waals surface area (Å²) in [6, 6.07) is 0. The SMILES string of the molecule is O=C(NCC1(N2CCCCC2)CCCCC1)c1cn[nH]c1. The molecule has 5 nitrogen and oxygen atoms in total. The number of amides is 1. The van der Waals surface area contributed by atoms with Gasteiger partial charge in [-0.05, 0) is 38.8 Å². The molecule has 1 aliphatic heterocycles. The fourth-order valence-electron chi connectivity index (χ4n) is 3.90. The quantitative estimate of drug-likeness (QED) is 0.894. The number of carbonyl (C=O) groups is 1. The lowest BCUT2D eigenvalue weighted by molar-refractivity contribution is 0.0326. The van der Waals surface area contributed by atoms with Crippen LogP contribution in [0.1, 0.15) is 61.7 Å². The zero-order valence-electron chi connectivity index (χ0n) is 12.7. The highest BCUT2D eigenvalue weighted by Crippen LogP contribution is 2.35. The molecule has 0 unspecified atom stereocenters. The molecular formula is C16H26N4O. The first kappa shape index (κ1) is 14.6. The van der Waals surface area contributed by atoms with Crippen molar-refractivity contribution in [1.82, 2.24) is 20.4 Å². The van der Waals surface area contributed by atoms with E-state index in [0.717, 1.165) is 6.54 Å². The smallest absolute Gasteiger partial charge is 0.254 e. The second kappa shape index (κ2) is 6.60. The lowest BCUT2D eigenvalue weighted by Crippen LogP contribution is -2.58. The maximum absolute atomic E-state index is 12.2. The zero-order valence-corrected chi connectivity index (χ0v) is 12.7. The van der Waals surface area contributed by atoms with Crippen LogP contribution in [0, 0.1) is 0 Å². The van der Waals surface area contributed by atoms with Crippen LogP contribution in [-0.4, -0.2) is 46.2 Å². The predicted octanol–water partition coefficient (Wildman–Crippen LogP) is 2.33. The van der Waals surface area contributed by atoms with E-state index in [1.54, 1.807) is 12.4 Å². The van der Waals surface area contributed by atoms with Crippen LogP contribution in [0.5, 0.6) is 0 Å². The molecule has 21 heavy (non-hydrogen) atoms. The van der Waals surface area contributed by atoms with Crippen LogP contribution in [0.2, 0.25) is 0 Å². The molecule has 2 N–H and O–H groups in total. The number of rotatable bonds is 4. The Hall–Kier alpha value is -1.36. The molecule has 1 amide bonds. The van der Waals surface area contributed by atoms with Gasteiger partial charge < -0.3 is 5.32 Å². The van der Waals surface area contributed by atoms with E-state index in [4.69, 9.17) is 0 Å². The minimum atomic E-state index is -0.00860. The Morgan fingerprint density at radius 1 is 1.19 bits per heavy atom. The molecule has 2 heterocycles. The minimum Gasteiger partial charge on any atom is -0.350 e. The lowest BCUT2D eigenvalue weighted by atomic mass is 9.79. The van der Waals surface area contributed by atoms with Crippen molar-refractivity contribution in [3.63, 3.8) is 0 Å². The van der Waals surface area contributed by atoms with Gasteiger partial charge in [0.05, 0.1) is 11.8 Å². The average Bonchev–Trinajstić information content (AvgIpc) is 3.09. The third kappa shape index (κ3) is 3.28. The third-order valence-corrected chi connectivity index (χ3v) is 5.15. The predicted molar refractivity (Wildman–Crippen MR) is 82.2 cm³/mol. The number of hydrogen-bond acceptors (Lipinski definition) is 3.